The van der Waals surface area contributed by atoms with Crippen molar-refractivity contribution in [2.75, 3.05) is 18.9 Å². The molecule has 1 aliphatic heterocycles. The predicted octanol–water partition coefficient (Wildman–Crippen LogP) is -1.14. The topological polar surface area (TPSA) is 111 Å². The Labute approximate surface area is 97.5 Å². The monoisotopic (exact) mass is 241 g/mol. The van der Waals surface area contributed by atoms with Gasteiger partial charge < -0.3 is 20.7 Å². The molecule has 0 amide bonds. The van der Waals surface area contributed by atoms with Gasteiger partial charge in [-0.25, -0.2) is 4.79 Å². The zero-order valence-electron chi connectivity index (χ0n) is 9.24. The van der Waals surface area contributed by atoms with Crippen LogP contribution >= 0.6 is 0 Å². The molecule has 1 saturated heterocycles. The lowest BCUT2D eigenvalue weighted by atomic mass is 10.0. The number of hydrogen-bond donors (Lipinski definition) is 3. The fraction of sp³-hybridized carbons (Fsp3) is 0.600. The number of aliphatic hydroxyl groups excluding tert-OH is 2. The van der Waals surface area contributed by atoms with Crippen LogP contribution in [0.15, 0.2) is 17.1 Å². The van der Waals surface area contributed by atoms with Crippen molar-refractivity contribution in [2.45, 2.75) is 24.7 Å². The molecule has 7 nitrogen and oxygen atoms in total. The van der Waals surface area contributed by atoms with Gasteiger partial charge >= 0.3 is 5.69 Å². The van der Waals surface area contributed by atoms with E-state index in [0.29, 0.717) is 12.8 Å². The largest absolute Gasteiger partial charge is 0.393 e. The van der Waals surface area contributed by atoms with Crippen molar-refractivity contribution >= 4 is 5.82 Å². The zero-order chi connectivity index (χ0) is 12.5. The van der Waals surface area contributed by atoms with Gasteiger partial charge in [-0.1, -0.05) is 0 Å². The van der Waals surface area contributed by atoms with Gasteiger partial charge in [0, 0.05) is 6.20 Å². The van der Waals surface area contributed by atoms with Crippen molar-refractivity contribution in [3.8, 4) is 0 Å². The van der Waals surface area contributed by atoms with Crippen LogP contribution in [0.4, 0.5) is 5.82 Å². The number of ether oxygens (including phenoxy) is 1. The Balaban J connectivity index is 2.23. The Morgan fingerprint density at radius 1 is 1.59 bits per heavy atom. The van der Waals surface area contributed by atoms with Crippen LogP contribution < -0.4 is 11.4 Å². The van der Waals surface area contributed by atoms with Crippen LogP contribution in [0.2, 0.25) is 0 Å². The van der Waals surface area contributed by atoms with Crippen molar-refractivity contribution in [1.29, 1.82) is 0 Å². The number of hydrogen-bond acceptors (Lipinski definition) is 6. The van der Waals surface area contributed by atoms with Gasteiger partial charge in [0.15, 0.2) is 0 Å². The average molecular weight is 241 g/mol. The lowest BCUT2D eigenvalue weighted by Crippen LogP contribution is -2.38. The van der Waals surface area contributed by atoms with Gasteiger partial charge in [0.05, 0.1) is 13.2 Å². The Morgan fingerprint density at radius 2 is 2.29 bits per heavy atom. The number of aromatic nitrogens is 2. The Kier molecular flexibility index (Phi) is 3.14. The highest BCUT2D eigenvalue weighted by molar-refractivity contribution is 5.23. The summed E-state index contributed by atoms with van der Waals surface area (Å²) < 4.78 is 6.85. The van der Waals surface area contributed by atoms with Crippen molar-refractivity contribution in [2.24, 2.45) is 0 Å². The maximum atomic E-state index is 11.6. The minimum absolute atomic E-state index is 0.153. The molecule has 0 aromatic carbocycles. The third-order valence-electron chi connectivity index (χ3n) is 2.97. The quantitative estimate of drug-likeness (QED) is 0.616. The molecule has 0 radical (unpaired) electrons. The van der Waals surface area contributed by atoms with E-state index in [-0.39, 0.29) is 19.0 Å². The molecule has 17 heavy (non-hydrogen) atoms. The van der Waals surface area contributed by atoms with Crippen LogP contribution in [0.25, 0.3) is 0 Å². The lowest BCUT2D eigenvalue weighted by molar-refractivity contribution is -0.122. The van der Waals surface area contributed by atoms with Crippen LogP contribution in [0.5, 0.6) is 0 Å². The van der Waals surface area contributed by atoms with Crippen LogP contribution in [0.1, 0.15) is 19.1 Å². The first-order valence-electron chi connectivity index (χ1n) is 5.34. The summed E-state index contributed by atoms with van der Waals surface area (Å²) in [6.45, 7) is -0.561. The summed E-state index contributed by atoms with van der Waals surface area (Å²) >= 11 is 0. The maximum Gasteiger partial charge on any atom is 0.351 e. The van der Waals surface area contributed by atoms with E-state index in [0.717, 1.165) is 0 Å². The van der Waals surface area contributed by atoms with E-state index in [1.54, 1.807) is 0 Å². The van der Waals surface area contributed by atoms with Crippen molar-refractivity contribution in [1.82, 2.24) is 9.55 Å². The van der Waals surface area contributed by atoms with Crippen LogP contribution in [0.3, 0.4) is 0 Å². The molecular formula is C10H15N3O4. The fourth-order valence-electron chi connectivity index (χ4n) is 1.92. The van der Waals surface area contributed by atoms with E-state index in [9.17, 15) is 15.0 Å². The van der Waals surface area contributed by atoms with E-state index in [1.807, 2.05) is 0 Å². The molecule has 2 rings (SSSR count). The molecule has 1 atom stereocenters. The smallest absolute Gasteiger partial charge is 0.351 e. The molecule has 1 unspecified atom stereocenters. The van der Waals surface area contributed by atoms with E-state index in [2.05, 4.69) is 4.98 Å². The SMILES string of the molecule is Nc1ccn(C2CCC(CO)(CO)O2)c(=O)n1. The molecule has 0 saturated carbocycles. The summed E-state index contributed by atoms with van der Waals surface area (Å²) in [5, 5.41) is 18.4. The van der Waals surface area contributed by atoms with Gasteiger partial charge in [-0.2, -0.15) is 4.98 Å². The molecule has 1 aromatic heterocycles. The normalized spacial score (nSPS) is 22.8. The number of rotatable bonds is 3. The van der Waals surface area contributed by atoms with E-state index < -0.39 is 17.5 Å². The molecular weight excluding hydrogens is 226 g/mol. The molecule has 0 bridgehead atoms. The molecule has 1 aliphatic rings. The number of nitrogens with zero attached hydrogens (tertiary/aromatic N) is 2. The summed E-state index contributed by atoms with van der Waals surface area (Å²) in [5.74, 6) is 0.153. The van der Waals surface area contributed by atoms with Crippen LogP contribution in [-0.4, -0.2) is 38.6 Å². The number of nitrogen functional groups attached to an aromatic ring is 1. The molecule has 2 heterocycles. The summed E-state index contributed by atoms with van der Waals surface area (Å²) in [6.07, 6.45) is 2.00. The first-order valence-corrected chi connectivity index (χ1v) is 5.34. The second-order valence-corrected chi connectivity index (χ2v) is 4.15. The second-order valence-electron chi connectivity index (χ2n) is 4.15. The fourth-order valence-corrected chi connectivity index (χ4v) is 1.92. The third kappa shape index (κ3) is 2.17. The van der Waals surface area contributed by atoms with E-state index in [4.69, 9.17) is 10.5 Å². The molecule has 1 aromatic rings. The minimum Gasteiger partial charge on any atom is -0.393 e. The Hall–Kier alpha value is -1.44. The minimum atomic E-state index is -0.967. The standard InChI is InChI=1S/C10H15N3O4/c11-7-2-4-13(9(16)12-7)8-1-3-10(5-14,6-15)17-8/h2,4,8,14-15H,1,3,5-6H2,(H2,11,12,16). The average Bonchev–Trinajstić information content (AvgIpc) is 2.74. The molecule has 94 valence electrons. The van der Waals surface area contributed by atoms with Gasteiger partial charge in [0.2, 0.25) is 0 Å². The summed E-state index contributed by atoms with van der Waals surface area (Å²) in [4.78, 5) is 15.2. The second kappa shape index (κ2) is 4.44. The summed E-state index contributed by atoms with van der Waals surface area (Å²) in [6, 6.07) is 1.50. The molecule has 0 spiro atoms. The van der Waals surface area contributed by atoms with Crippen molar-refractivity contribution in [3.63, 3.8) is 0 Å². The van der Waals surface area contributed by atoms with Crippen molar-refractivity contribution < 1.29 is 14.9 Å². The lowest BCUT2D eigenvalue weighted by Gasteiger charge is -2.24. The maximum absolute atomic E-state index is 11.6. The van der Waals surface area contributed by atoms with E-state index >= 15 is 0 Å². The third-order valence-corrected chi connectivity index (χ3v) is 2.97. The summed E-state index contributed by atoms with van der Waals surface area (Å²) in [5.41, 5.74) is 3.92. The number of nitrogens with two attached hydrogens (primary N) is 1. The zero-order valence-corrected chi connectivity index (χ0v) is 9.24. The highest BCUT2D eigenvalue weighted by Gasteiger charge is 2.40. The van der Waals surface area contributed by atoms with Gasteiger partial charge in [0.1, 0.15) is 17.6 Å². The number of anilines is 1. The highest BCUT2D eigenvalue weighted by atomic mass is 16.5. The molecule has 1 fully saturated rings. The van der Waals surface area contributed by atoms with Crippen LogP contribution in [0, 0.1) is 0 Å². The first kappa shape index (κ1) is 12.0. The molecule has 0 aliphatic carbocycles. The first-order chi connectivity index (χ1) is 8.10. The van der Waals surface area contributed by atoms with Crippen LogP contribution in [-0.2, 0) is 4.74 Å². The summed E-state index contributed by atoms with van der Waals surface area (Å²) in [7, 11) is 0. The van der Waals surface area contributed by atoms with Crippen molar-refractivity contribution in [3.05, 3.63) is 22.7 Å². The van der Waals surface area contributed by atoms with Gasteiger partial charge in [0.25, 0.3) is 0 Å². The van der Waals surface area contributed by atoms with E-state index in [1.165, 1.54) is 16.8 Å². The van der Waals surface area contributed by atoms with Gasteiger partial charge in [-0.3, -0.25) is 4.57 Å². The Morgan fingerprint density at radius 3 is 2.82 bits per heavy atom. The van der Waals surface area contributed by atoms with Gasteiger partial charge in [-0.15, -0.1) is 0 Å². The predicted molar refractivity (Wildman–Crippen MR) is 59.2 cm³/mol. The molecule has 7 heteroatoms. The molecule has 4 N–H and O–H groups in total. The highest BCUT2D eigenvalue weighted by Crippen LogP contribution is 2.35. The van der Waals surface area contributed by atoms with Gasteiger partial charge in [-0.05, 0) is 18.9 Å². The Bertz CT molecular complexity index is 455. The number of aliphatic hydroxyl groups is 2.